The highest BCUT2D eigenvalue weighted by atomic mass is 16.4. The van der Waals surface area contributed by atoms with Crippen LogP contribution in [0.25, 0.3) is 0 Å². The Labute approximate surface area is 306 Å². The molecule has 5 amide bonds. The van der Waals surface area contributed by atoms with Crippen LogP contribution in [0.2, 0.25) is 0 Å². The van der Waals surface area contributed by atoms with E-state index in [1.807, 2.05) is 13.8 Å². The SMILES string of the molecule is CC(=NCCC[C@@H]1NC(=O)[C@@H](C)NC(=O)C[C@@H](C(=O)O)NC(=O)C[C@@H](C(=O)O)NC(=O)[C@H](Cc2ccccc2)N(C)C1=O)C1=C(O)CC(C)(C)CC1=O. The fourth-order valence-corrected chi connectivity index (χ4v) is 6.17. The number of carbonyl (C=O) groups excluding carboxylic acids is 6. The second-order valence-electron chi connectivity index (χ2n) is 14.1. The van der Waals surface area contributed by atoms with Gasteiger partial charge in [-0.2, -0.15) is 0 Å². The lowest BCUT2D eigenvalue weighted by atomic mass is 9.76. The maximum Gasteiger partial charge on any atom is 0.326 e. The molecule has 0 unspecified atom stereocenters. The third kappa shape index (κ3) is 12.0. The zero-order valence-electron chi connectivity index (χ0n) is 30.4. The first-order valence-corrected chi connectivity index (χ1v) is 17.2. The third-order valence-electron chi connectivity index (χ3n) is 9.02. The molecular formula is C36H48N6O11. The number of aliphatic carboxylic acids is 2. The first-order valence-electron chi connectivity index (χ1n) is 17.2. The first kappa shape index (κ1) is 41.8. The summed E-state index contributed by atoms with van der Waals surface area (Å²) in [5.74, 6) is -8.01. The van der Waals surface area contributed by atoms with Gasteiger partial charge in [0, 0.05) is 38.6 Å². The Balaban J connectivity index is 1.97. The number of rotatable bonds is 9. The standard InChI is InChI=1S/C36H48N6O11/c1-19(30-26(43)17-36(3,4)18-27(30)44)37-13-9-12-22-33(49)42(5)25(14-21-10-7-6-8-11-21)32(48)41-24(35(52)53)16-29(46)39-23(34(50)51)15-28(45)38-20(2)31(47)40-22/h6-8,10-11,20,22-25,43H,9,12-18H2,1-5H3,(H,38,45)(H,39,46)(H,40,47)(H,41,48)(H,50,51)(H,52,53)/t20-,22+,23+,24+,25+/m1/s1. The summed E-state index contributed by atoms with van der Waals surface area (Å²) < 4.78 is 0. The number of carboxylic acids is 2. The fraction of sp³-hybridized carbons (Fsp3) is 0.528. The lowest BCUT2D eigenvalue weighted by molar-refractivity contribution is -0.147. The van der Waals surface area contributed by atoms with Crippen LogP contribution >= 0.6 is 0 Å². The third-order valence-corrected chi connectivity index (χ3v) is 9.02. The lowest BCUT2D eigenvalue weighted by Crippen LogP contribution is -2.58. The maximum absolute atomic E-state index is 14.1. The van der Waals surface area contributed by atoms with Gasteiger partial charge in [0.05, 0.1) is 18.4 Å². The van der Waals surface area contributed by atoms with E-state index in [4.69, 9.17) is 0 Å². The zero-order valence-corrected chi connectivity index (χ0v) is 30.4. The summed E-state index contributed by atoms with van der Waals surface area (Å²) in [7, 11) is 1.31. The van der Waals surface area contributed by atoms with E-state index in [0.717, 1.165) is 4.90 Å². The first-order chi connectivity index (χ1) is 24.8. The van der Waals surface area contributed by atoms with Gasteiger partial charge in [-0.15, -0.1) is 0 Å². The van der Waals surface area contributed by atoms with Crippen molar-refractivity contribution in [3.63, 3.8) is 0 Å². The molecule has 1 aliphatic carbocycles. The predicted molar refractivity (Wildman–Crippen MR) is 189 cm³/mol. The van der Waals surface area contributed by atoms with Gasteiger partial charge >= 0.3 is 11.9 Å². The molecule has 288 valence electrons. The number of hydrogen-bond donors (Lipinski definition) is 7. The second kappa shape index (κ2) is 18.2. The Morgan fingerprint density at radius 1 is 0.868 bits per heavy atom. The van der Waals surface area contributed by atoms with Crippen LogP contribution in [-0.2, 0) is 44.8 Å². The Kier molecular flexibility index (Phi) is 14.4. The average molecular weight is 741 g/mol. The number of amides is 5. The molecule has 0 aromatic heterocycles. The highest BCUT2D eigenvalue weighted by Crippen LogP contribution is 2.36. The maximum atomic E-state index is 14.1. The molecular weight excluding hydrogens is 692 g/mol. The van der Waals surface area contributed by atoms with E-state index in [0.29, 0.717) is 17.7 Å². The number of aliphatic imine (C=N–C) groups is 1. The molecule has 1 aromatic carbocycles. The topological polar surface area (TPSA) is 261 Å². The predicted octanol–water partition coefficient (Wildman–Crippen LogP) is 0.421. The molecule has 17 heteroatoms. The van der Waals surface area contributed by atoms with Crippen LogP contribution in [0.4, 0.5) is 0 Å². The molecule has 1 fully saturated rings. The summed E-state index contributed by atoms with van der Waals surface area (Å²) in [4.78, 5) is 109. The molecule has 2 aliphatic rings. The normalized spacial score (nSPS) is 25.5. The van der Waals surface area contributed by atoms with Gasteiger partial charge in [-0.25, -0.2) is 9.59 Å². The molecule has 17 nitrogen and oxygen atoms in total. The number of ketones is 1. The highest BCUT2D eigenvalue weighted by molar-refractivity contribution is 6.22. The highest BCUT2D eigenvalue weighted by Gasteiger charge is 2.37. The van der Waals surface area contributed by atoms with Crippen LogP contribution in [0.3, 0.4) is 0 Å². The second-order valence-corrected chi connectivity index (χ2v) is 14.1. The van der Waals surface area contributed by atoms with Crippen molar-refractivity contribution in [1.29, 1.82) is 0 Å². The van der Waals surface area contributed by atoms with E-state index in [2.05, 4.69) is 26.3 Å². The summed E-state index contributed by atoms with van der Waals surface area (Å²) in [5, 5.41) is 39.3. The molecule has 7 N–H and O–H groups in total. The molecule has 1 saturated heterocycles. The Bertz CT molecular complexity index is 1670. The molecule has 53 heavy (non-hydrogen) atoms. The smallest absolute Gasteiger partial charge is 0.326 e. The number of benzene rings is 1. The molecule has 0 radical (unpaired) electrons. The van der Waals surface area contributed by atoms with Crippen molar-refractivity contribution >= 4 is 53.0 Å². The van der Waals surface area contributed by atoms with E-state index in [9.17, 15) is 53.7 Å². The minimum Gasteiger partial charge on any atom is -0.511 e. The number of nitrogens with zero attached hydrogens (tertiary/aromatic N) is 2. The van der Waals surface area contributed by atoms with Crippen molar-refractivity contribution in [2.45, 2.75) is 103 Å². The van der Waals surface area contributed by atoms with E-state index in [1.165, 1.54) is 14.0 Å². The summed E-state index contributed by atoms with van der Waals surface area (Å²) >= 11 is 0. The minimum atomic E-state index is -1.84. The van der Waals surface area contributed by atoms with Gasteiger partial charge in [-0.3, -0.25) is 33.8 Å². The number of likely N-dealkylation sites (N-methyl/N-ethyl adjacent to an activating group) is 1. The van der Waals surface area contributed by atoms with E-state index < -0.39 is 89.9 Å². The molecule has 5 atom stereocenters. The largest absolute Gasteiger partial charge is 0.511 e. The molecule has 1 heterocycles. The van der Waals surface area contributed by atoms with Gasteiger partial charge in [0.2, 0.25) is 29.5 Å². The summed E-state index contributed by atoms with van der Waals surface area (Å²) in [6.07, 6.45) is -1.10. The Morgan fingerprint density at radius 3 is 2.04 bits per heavy atom. The summed E-state index contributed by atoms with van der Waals surface area (Å²) in [5.41, 5.74) is 0.675. The van der Waals surface area contributed by atoms with Crippen molar-refractivity contribution < 1.29 is 53.7 Å². The van der Waals surface area contributed by atoms with Gasteiger partial charge in [-0.05, 0) is 37.7 Å². The Morgan fingerprint density at radius 2 is 1.45 bits per heavy atom. The Hall–Kier alpha value is -5.61. The molecule has 1 aromatic rings. The van der Waals surface area contributed by atoms with Crippen LogP contribution in [0.5, 0.6) is 0 Å². The van der Waals surface area contributed by atoms with E-state index in [1.54, 1.807) is 37.3 Å². The van der Waals surface area contributed by atoms with Crippen molar-refractivity contribution in [3.8, 4) is 0 Å². The van der Waals surface area contributed by atoms with Crippen molar-refractivity contribution in [2.24, 2.45) is 10.4 Å². The number of aliphatic hydroxyl groups is 1. The molecule has 0 saturated carbocycles. The monoisotopic (exact) mass is 740 g/mol. The van der Waals surface area contributed by atoms with Gasteiger partial charge in [0.1, 0.15) is 36.0 Å². The number of Topliss-reactive ketones (excluding diaryl/α,β-unsaturated/α-hetero) is 1. The van der Waals surface area contributed by atoms with Crippen molar-refractivity contribution in [2.75, 3.05) is 13.6 Å². The van der Waals surface area contributed by atoms with Gasteiger partial charge in [0.15, 0.2) is 5.78 Å². The van der Waals surface area contributed by atoms with Crippen LogP contribution in [-0.4, -0.2) is 117 Å². The van der Waals surface area contributed by atoms with Crippen LogP contribution in [0.15, 0.2) is 46.7 Å². The van der Waals surface area contributed by atoms with Crippen molar-refractivity contribution in [1.82, 2.24) is 26.2 Å². The number of nitrogens with one attached hydrogen (secondary N) is 4. The van der Waals surface area contributed by atoms with E-state index >= 15 is 0 Å². The van der Waals surface area contributed by atoms with Gasteiger partial charge < -0.3 is 41.5 Å². The van der Waals surface area contributed by atoms with Gasteiger partial charge in [0.25, 0.3) is 0 Å². The molecule has 0 spiro atoms. The van der Waals surface area contributed by atoms with Crippen LogP contribution in [0, 0.1) is 5.41 Å². The summed E-state index contributed by atoms with van der Waals surface area (Å²) in [6.45, 7) is 6.73. The number of carbonyl (C=O) groups is 8. The van der Waals surface area contributed by atoms with Crippen LogP contribution < -0.4 is 21.3 Å². The fourth-order valence-electron chi connectivity index (χ4n) is 6.17. The minimum absolute atomic E-state index is 0.0324. The average Bonchev–Trinajstić information content (AvgIpc) is 3.06. The lowest BCUT2D eigenvalue weighted by Gasteiger charge is -2.32. The molecule has 3 rings (SSSR count). The number of aliphatic hydroxyl groups excluding tert-OH is 1. The number of carboxylic acid groups (broad SMARTS) is 2. The quantitative estimate of drug-likeness (QED) is 0.135. The van der Waals surface area contributed by atoms with E-state index in [-0.39, 0.29) is 49.3 Å². The van der Waals surface area contributed by atoms with Crippen molar-refractivity contribution in [3.05, 3.63) is 47.2 Å². The van der Waals surface area contributed by atoms with Crippen LogP contribution in [0.1, 0.15) is 71.8 Å². The molecule has 1 aliphatic heterocycles. The molecule has 0 bridgehead atoms. The van der Waals surface area contributed by atoms with Gasteiger partial charge in [-0.1, -0.05) is 44.2 Å². The summed E-state index contributed by atoms with van der Waals surface area (Å²) in [6, 6.07) is 0.992. The number of allylic oxidation sites excluding steroid dienone is 2. The number of hydrogen-bond acceptors (Lipinski definition) is 10. The zero-order chi connectivity index (χ0) is 39.6.